The molecular formula is C15H12N4O4S. The molecule has 0 unspecified atom stereocenters. The Morgan fingerprint density at radius 3 is 2.75 bits per heavy atom. The van der Waals surface area contributed by atoms with Gasteiger partial charge in [0.25, 0.3) is 5.91 Å². The number of aromatic nitrogens is 1. The van der Waals surface area contributed by atoms with E-state index < -0.39 is 24.4 Å². The maximum absolute atomic E-state index is 12.3. The van der Waals surface area contributed by atoms with Gasteiger partial charge in [-0.25, -0.2) is 14.7 Å². The molecule has 1 aliphatic heterocycles. The van der Waals surface area contributed by atoms with Crippen molar-refractivity contribution in [3.8, 4) is 5.75 Å². The van der Waals surface area contributed by atoms with Gasteiger partial charge in [0.1, 0.15) is 18.0 Å². The maximum atomic E-state index is 12.3. The fourth-order valence-corrected chi connectivity index (χ4v) is 2.59. The minimum Gasteiger partial charge on any atom is -0.508 e. The van der Waals surface area contributed by atoms with Crippen molar-refractivity contribution in [2.75, 3.05) is 11.9 Å². The molecule has 0 aliphatic carbocycles. The summed E-state index contributed by atoms with van der Waals surface area (Å²) in [5.41, 5.74) is 0.693. The Hall–Kier alpha value is -3.20. The molecule has 0 bridgehead atoms. The molecule has 8 nitrogen and oxygen atoms in total. The standard InChI is InChI=1S/C15H12N4O4S/c20-10-3-1-9(2-4-10)7-11-13(22)19(15(23)17-11)8-12(21)18-14-16-5-6-24-14/h1-7,20H,8H2,(H,17,23)(H,16,18,21)/b11-7-. The number of hydrogen-bond acceptors (Lipinski definition) is 6. The third-order valence-electron chi connectivity index (χ3n) is 3.15. The zero-order chi connectivity index (χ0) is 17.1. The van der Waals surface area contributed by atoms with Crippen molar-refractivity contribution >= 4 is 40.4 Å². The van der Waals surface area contributed by atoms with Crippen molar-refractivity contribution in [2.24, 2.45) is 0 Å². The molecule has 122 valence electrons. The summed E-state index contributed by atoms with van der Waals surface area (Å²) >= 11 is 1.24. The lowest BCUT2D eigenvalue weighted by atomic mass is 10.2. The molecule has 2 aromatic rings. The fourth-order valence-electron chi connectivity index (χ4n) is 2.04. The summed E-state index contributed by atoms with van der Waals surface area (Å²) in [4.78, 5) is 40.8. The van der Waals surface area contributed by atoms with E-state index >= 15 is 0 Å². The topological polar surface area (TPSA) is 112 Å². The molecule has 1 fully saturated rings. The van der Waals surface area contributed by atoms with E-state index in [1.807, 2.05) is 0 Å². The van der Waals surface area contributed by atoms with Crippen LogP contribution in [0.15, 0.2) is 41.5 Å². The van der Waals surface area contributed by atoms with Crippen molar-refractivity contribution in [3.63, 3.8) is 0 Å². The van der Waals surface area contributed by atoms with Gasteiger partial charge in [0, 0.05) is 11.6 Å². The number of carbonyl (C=O) groups excluding carboxylic acids is 3. The minimum absolute atomic E-state index is 0.0627. The molecule has 0 saturated carbocycles. The predicted molar refractivity (Wildman–Crippen MR) is 87.1 cm³/mol. The highest BCUT2D eigenvalue weighted by atomic mass is 32.1. The molecule has 3 N–H and O–H groups in total. The summed E-state index contributed by atoms with van der Waals surface area (Å²) in [6.07, 6.45) is 3.00. The van der Waals surface area contributed by atoms with Gasteiger partial charge in [-0.1, -0.05) is 12.1 Å². The van der Waals surface area contributed by atoms with Crippen LogP contribution in [0.2, 0.25) is 0 Å². The van der Waals surface area contributed by atoms with Gasteiger partial charge >= 0.3 is 6.03 Å². The summed E-state index contributed by atoms with van der Waals surface area (Å²) in [5.74, 6) is -1.01. The molecule has 24 heavy (non-hydrogen) atoms. The molecule has 1 aromatic heterocycles. The van der Waals surface area contributed by atoms with E-state index in [-0.39, 0.29) is 11.4 Å². The second-order valence-electron chi connectivity index (χ2n) is 4.86. The third kappa shape index (κ3) is 3.41. The van der Waals surface area contributed by atoms with Crippen molar-refractivity contribution in [2.45, 2.75) is 0 Å². The second kappa shape index (κ2) is 6.50. The van der Waals surface area contributed by atoms with Gasteiger partial charge in [-0.05, 0) is 23.8 Å². The highest BCUT2D eigenvalue weighted by Gasteiger charge is 2.34. The van der Waals surface area contributed by atoms with E-state index in [1.54, 1.807) is 17.5 Å². The Labute approximate surface area is 140 Å². The second-order valence-corrected chi connectivity index (χ2v) is 5.75. The Bertz CT molecular complexity index is 815. The summed E-state index contributed by atoms with van der Waals surface area (Å²) < 4.78 is 0. The molecule has 2 heterocycles. The van der Waals surface area contributed by atoms with E-state index in [9.17, 15) is 19.5 Å². The van der Waals surface area contributed by atoms with Crippen molar-refractivity contribution in [1.82, 2.24) is 15.2 Å². The van der Waals surface area contributed by atoms with Crippen LogP contribution in [-0.2, 0) is 9.59 Å². The first-order chi connectivity index (χ1) is 11.5. The molecule has 0 atom stereocenters. The van der Waals surface area contributed by atoms with Crippen LogP contribution in [-0.4, -0.2) is 39.4 Å². The summed E-state index contributed by atoms with van der Waals surface area (Å²) in [6, 6.07) is 5.46. The summed E-state index contributed by atoms with van der Waals surface area (Å²) in [6.45, 7) is -0.406. The number of phenolic OH excluding ortho intramolecular Hbond substituents is 1. The van der Waals surface area contributed by atoms with Crippen LogP contribution < -0.4 is 10.6 Å². The van der Waals surface area contributed by atoms with E-state index in [0.717, 1.165) is 4.90 Å². The largest absolute Gasteiger partial charge is 0.508 e. The number of hydrogen-bond donors (Lipinski definition) is 3. The fraction of sp³-hybridized carbons (Fsp3) is 0.0667. The van der Waals surface area contributed by atoms with Gasteiger partial charge in [-0.3, -0.25) is 9.59 Å². The Kier molecular flexibility index (Phi) is 4.25. The van der Waals surface area contributed by atoms with Crippen LogP contribution in [0.1, 0.15) is 5.56 Å². The van der Waals surface area contributed by atoms with Crippen LogP contribution in [0, 0.1) is 0 Å². The van der Waals surface area contributed by atoms with Crippen LogP contribution in [0.3, 0.4) is 0 Å². The molecule has 4 amide bonds. The van der Waals surface area contributed by atoms with E-state index in [1.165, 1.54) is 35.7 Å². The minimum atomic E-state index is -0.667. The summed E-state index contributed by atoms with van der Waals surface area (Å²) in [5, 5.41) is 16.3. The van der Waals surface area contributed by atoms with Gasteiger partial charge < -0.3 is 15.7 Å². The lowest BCUT2D eigenvalue weighted by Gasteiger charge is -2.10. The molecule has 1 saturated heterocycles. The summed E-state index contributed by atoms with van der Waals surface area (Å²) in [7, 11) is 0. The number of nitrogens with one attached hydrogen (secondary N) is 2. The van der Waals surface area contributed by atoms with Gasteiger partial charge in [0.15, 0.2) is 5.13 Å². The number of aromatic hydroxyl groups is 1. The van der Waals surface area contributed by atoms with Crippen molar-refractivity contribution in [3.05, 3.63) is 47.1 Å². The van der Waals surface area contributed by atoms with E-state index in [4.69, 9.17) is 0 Å². The number of amides is 4. The quantitative estimate of drug-likeness (QED) is 0.573. The van der Waals surface area contributed by atoms with Gasteiger partial charge in [0.2, 0.25) is 5.91 Å². The van der Waals surface area contributed by atoms with E-state index in [0.29, 0.717) is 10.7 Å². The molecule has 9 heteroatoms. The van der Waals surface area contributed by atoms with Crippen molar-refractivity contribution < 1.29 is 19.5 Å². The predicted octanol–water partition coefficient (Wildman–Crippen LogP) is 1.38. The van der Waals surface area contributed by atoms with Crippen LogP contribution in [0.25, 0.3) is 6.08 Å². The monoisotopic (exact) mass is 344 g/mol. The Morgan fingerprint density at radius 2 is 2.08 bits per heavy atom. The number of carbonyl (C=O) groups is 3. The molecule has 1 aliphatic rings. The van der Waals surface area contributed by atoms with Crippen LogP contribution in [0.4, 0.5) is 9.93 Å². The molecule has 3 rings (SSSR count). The van der Waals surface area contributed by atoms with Crippen molar-refractivity contribution in [1.29, 1.82) is 0 Å². The highest BCUT2D eigenvalue weighted by Crippen LogP contribution is 2.17. The van der Waals surface area contributed by atoms with Gasteiger partial charge in [-0.2, -0.15) is 0 Å². The number of rotatable bonds is 4. The first-order valence-electron chi connectivity index (χ1n) is 6.86. The zero-order valence-electron chi connectivity index (χ0n) is 12.2. The molecule has 1 aromatic carbocycles. The average molecular weight is 344 g/mol. The zero-order valence-corrected chi connectivity index (χ0v) is 13.0. The normalized spacial score (nSPS) is 15.7. The number of anilines is 1. The third-order valence-corrected chi connectivity index (χ3v) is 3.84. The average Bonchev–Trinajstić information content (AvgIpc) is 3.14. The Balaban J connectivity index is 1.69. The maximum Gasteiger partial charge on any atom is 0.329 e. The van der Waals surface area contributed by atoms with Gasteiger partial charge in [-0.15, -0.1) is 11.3 Å². The number of urea groups is 1. The molecule has 0 radical (unpaired) electrons. The number of thiazole rings is 1. The van der Waals surface area contributed by atoms with Gasteiger partial charge in [0.05, 0.1) is 0 Å². The Morgan fingerprint density at radius 1 is 1.33 bits per heavy atom. The molecule has 0 spiro atoms. The smallest absolute Gasteiger partial charge is 0.329 e. The van der Waals surface area contributed by atoms with Crippen LogP contribution in [0.5, 0.6) is 5.75 Å². The number of nitrogens with zero attached hydrogens (tertiary/aromatic N) is 2. The first-order valence-corrected chi connectivity index (χ1v) is 7.74. The first kappa shape index (κ1) is 15.7. The lowest BCUT2D eigenvalue weighted by molar-refractivity contribution is -0.127. The number of benzene rings is 1. The SMILES string of the molecule is O=C(CN1C(=O)N/C(=C\c2ccc(O)cc2)C1=O)Nc1nccs1. The van der Waals surface area contributed by atoms with E-state index in [2.05, 4.69) is 15.6 Å². The molecular weight excluding hydrogens is 332 g/mol. The number of phenols is 1. The number of imide groups is 1. The lowest BCUT2D eigenvalue weighted by Crippen LogP contribution is -2.38. The van der Waals surface area contributed by atoms with Crippen LogP contribution >= 0.6 is 11.3 Å². The highest BCUT2D eigenvalue weighted by molar-refractivity contribution is 7.13.